The molecule has 0 radical (unpaired) electrons. The molecule has 16 atom stereocenters. The summed E-state index contributed by atoms with van der Waals surface area (Å²) in [6, 6.07) is 0. The lowest BCUT2D eigenvalue weighted by Crippen LogP contribution is -2.79. The van der Waals surface area contributed by atoms with Crippen LogP contribution in [0.2, 0.25) is 18.1 Å². The Morgan fingerprint density at radius 2 is 1.65 bits per heavy atom. The number of ether oxygens (including phenoxy) is 10. The molecular formula is C45H62O17Si. The van der Waals surface area contributed by atoms with Crippen LogP contribution in [0.15, 0.2) is 24.0 Å². The van der Waals surface area contributed by atoms with Gasteiger partial charge < -0.3 is 62.0 Å². The zero-order chi connectivity index (χ0) is 46.1. The van der Waals surface area contributed by atoms with Crippen molar-refractivity contribution in [2.24, 2.45) is 34.0 Å². The van der Waals surface area contributed by atoms with E-state index in [1.807, 2.05) is 6.92 Å². The standard InChI is InChI=1S/C45H62O17Si/c1-13-24(2)33(48)60-27-21-28(59-25(3)46)42(35(49)52-9)22-55-30-31(42)41(27)23-57-44(36(50)53-10,56-17-14-15-18-58-63(11,12)38(4,5)6)34(41)39(7,32(30)47)45-29-20-26(40(45,8)62-45)43(51)16-19-54-37(43)61-29/h13,16,19,26-32,34,37,47,51H,17-18,20-23H2,1-12H3/b24-13+/t26-,27+,28-,29+,30-,31-,32-,34+,37+,39-,40+,41+,42+,43+,44+,45+/m1/s1. The molecule has 5 aliphatic heterocycles. The van der Waals surface area contributed by atoms with Crippen LogP contribution in [0, 0.1) is 45.8 Å². The highest BCUT2D eigenvalue weighted by atomic mass is 28.4. The molecule has 3 saturated carbocycles. The third-order valence-corrected chi connectivity index (χ3v) is 21.4. The fourth-order valence-corrected chi connectivity index (χ4v) is 13.9. The Morgan fingerprint density at radius 1 is 0.968 bits per heavy atom. The molecule has 4 saturated heterocycles. The van der Waals surface area contributed by atoms with Gasteiger partial charge in [0.2, 0.25) is 6.29 Å². The van der Waals surface area contributed by atoms with Crippen LogP contribution in [-0.2, 0) is 71.0 Å². The van der Waals surface area contributed by atoms with Gasteiger partial charge in [-0.25, -0.2) is 9.59 Å². The van der Waals surface area contributed by atoms with Gasteiger partial charge in [-0.2, -0.15) is 0 Å². The highest BCUT2D eigenvalue weighted by molar-refractivity contribution is 6.74. The Bertz CT molecular complexity index is 2070. The predicted octanol–water partition coefficient (Wildman–Crippen LogP) is 2.85. The molecule has 0 unspecified atom stereocenters. The maximum Gasteiger partial charge on any atom is 0.366 e. The molecule has 0 aromatic rings. The zero-order valence-corrected chi connectivity index (χ0v) is 39.2. The second-order valence-electron chi connectivity index (χ2n) is 20.4. The van der Waals surface area contributed by atoms with Crippen LogP contribution in [0.1, 0.15) is 68.2 Å². The van der Waals surface area contributed by atoms with Crippen molar-refractivity contribution < 1.29 is 81.2 Å². The van der Waals surface area contributed by atoms with Gasteiger partial charge in [-0.1, -0.05) is 45.6 Å². The number of hydrogen-bond acceptors (Lipinski definition) is 17. The summed E-state index contributed by atoms with van der Waals surface area (Å²) < 4.78 is 69.3. The molecule has 5 heterocycles. The van der Waals surface area contributed by atoms with E-state index in [0.717, 1.165) is 0 Å². The molecular weight excluding hydrogens is 841 g/mol. The summed E-state index contributed by atoms with van der Waals surface area (Å²) in [6.45, 7) is 17.5. The van der Waals surface area contributed by atoms with Crippen LogP contribution < -0.4 is 0 Å². The number of fused-ring (bicyclic) bond motifs is 7. The van der Waals surface area contributed by atoms with Crippen LogP contribution in [0.4, 0.5) is 0 Å². The molecule has 0 aromatic carbocycles. The highest BCUT2D eigenvalue weighted by Crippen LogP contribution is 2.83. The highest BCUT2D eigenvalue weighted by Gasteiger charge is 2.97. The Hall–Kier alpha value is -3.38. The number of aliphatic hydroxyl groups excluding tert-OH is 1. The molecule has 2 bridgehead atoms. The third kappa shape index (κ3) is 5.76. The second-order valence-corrected chi connectivity index (χ2v) is 25.2. The van der Waals surface area contributed by atoms with Crippen molar-refractivity contribution in [3.05, 3.63) is 24.0 Å². The van der Waals surface area contributed by atoms with E-state index in [1.165, 1.54) is 33.5 Å². The molecule has 8 rings (SSSR count). The van der Waals surface area contributed by atoms with E-state index in [9.17, 15) is 29.4 Å². The first-order valence-corrected chi connectivity index (χ1v) is 24.6. The number of carbonyl (C=O) groups is 4. The number of allylic oxidation sites excluding steroid dienone is 1. The minimum atomic E-state index is -2.44. The Kier molecular flexibility index (Phi) is 10.9. The van der Waals surface area contributed by atoms with Gasteiger partial charge in [0.25, 0.3) is 5.79 Å². The Morgan fingerprint density at radius 3 is 2.29 bits per heavy atom. The summed E-state index contributed by atoms with van der Waals surface area (Å²) >= 11 is 0. The number of carbonyl (C=O) groups excluding carboxylic acids is 4. The van der Waals surface area contributed by atoms with Crippen molar-refractivity contribution in [2.75, 3.05) is 40.6 Å². The molecule has 348 valence electrons. The van der Waals surface area contributed by atoms with Gasteiger partial charge in [-0.05, 0) is 51.4 Å². The summed E-state index contributed by atoms with van der Waals surface area (Å²) in [5.74, 6) is -2.98. The van der Waals surface area contributed by atoms with E-state index in [0.29, 0.717) is 0 Å². The van der Waals surface area contributed by atoms with Gasteiger partial charge >= 0.3 is 23.9 Å². The smallest absolute Gasteiger partial charge is 0.366 e. The van der Waals surface area contributed by atoms with Crippen LogP contribution in [0.5, 0.6) is 0 Å². The number of methoxy groups -OCH3 is 2. The van der Waals surface area contributed by atoms with Gasteiger partial charge in [-0.3, -0.25) is 9.59 Å². The summed E-state index contributed by atoms with van der Waals surface area (Å²) in [4.78, 5) is 56.5. The maximum absolute atomic E-state index is 14.9. The van der Waals surface area contributed by atoms with Crippen molar-refractivity contribution in [1.82, 2.24) is 0 Å². The van der Waals surface area contributed by atoms with Gasteiger partial charge in [0.15, 0.2) is 13.9 Å². The molecule has 17 nitrogen and oxygen atoms in total. The number of esters is 4. The monoisotopic (exact) mass is 902 g/mol. The van der Waals surface area contributed by atoms with Gasteiger partial charge in [0.05, 0.1) is 58.6 Å². The SMILES string of the molecule is C/C=C(\C)C(=O)O[C@H]1C[C@@H](OC(C)=O)[C@@]2(C(=O)OC)CO[C@H]3[C@@H](O)[C@@](C)([C@]45O[C@@]4(C)[C@H]4C[C@@H]5O[C@@H]5OC=C[C@@]54O)[C@@H]4[C@@](OCC#CCO[Si](C)(C)C(C)(C)C)(C(=O)OC)OC[C@@]14[C@@H]32. The molecule has 7 fully saturated rings. The average Bonchev–Trinajstić information content (AvgIpc) is 3.61. The molecule has 8 aliphatic rings. The van der Waals surface area contributed by atoms with E-state index in [4.69, 9.17) is 51.8 Å². The van der Waals surface area contributed by atoms with Crippen molar-refractivity contribution in [3.63, 3.8) is 0 Å². The average molecular weight is 903 g/mol. The maximum atomic E-state index is 14.9. The van der Waals surface area contributed by atoms with E-state index >= 15 is 0 Å². The van der Waals surface area contributed by atoms with E-state index in [1.54, 1.807) is 26.8 Å². The number of epoxide rings is 1. The van der Waals surface area contributed by atoms with Gasteiger partial charge in [0.1, 0.15) is 35.4 Å². The molecule has 1 spiro atoms. The predicted molar refractivity (Wildman–Crippen MR) is 219 cm³/mol. The number of hydrogen-bond donors (Lipinski definition) is 2. The summed E-state index contributed by atoms with van der Waals surface area (Å²) in [7, 11) is 0.188. The van der Waals surface area contributed by atoms with Gasteiger partial charge in [0, 0.05) is 47.5 Å². The molecule has 18 heteroatoms. The largest absolute Gasteiger partial charge is 0.469 e. The Labute approximate surface area is 368 Å². The normalized spacial score (nSPS) is 46.3. The topological polar surface area (TPSA) is 214 Å². The number of aliphatic hydroxyl groups is 2. The molecule has 0 amide bonds. The summed E-state index contributed by atoms with van der Waals surface area (Å²) in [5, 5.41) is 25.5. The van der Waals surface area contributed by atoms with Crippen LogP contribution in [0.25, 0.3) is 0 Å². The molecule has 3 aliphatic carbocycles. The van der Waals surface area contributed by atoms with E-state index in [2.05, 4.69) is 45.7 Å². The second kappa shape index (κ2) is 14.8. The van der Waals surface area contributed by atoms with Crippen molar-refractivity contribution in [2.45, 2.75) is 146 Å². The minimum Gasteiger partial charge on any atom is -0.469 e. The fourth-order valence-electron chi connectivity index (χ4n) is 13.0. The first-order chi connectivity index (χ1) is 29.4. The van der Waals surface area contributed by atoms with Crippen LogP contribution in [0.3, 0.4) is 0 Å². The number of rotatable bonds is 10. The van der Waals surface area contributed by atoms with Crippen molar-refractivity contribution in [3.8, 4) is 11.8 Å². The lowest BCUT2D eigenvalue weighted by Gasteiger charge is -2.66. The lowest BCUT2D eigenvalue weighted by molar-refractivity contribution is -0.319. The van der Waals surface area contributed by atoms with Gasteiger partial charge in [-0.15, -0.1) is 0 Å². The fraction of sp³-hybridized carbons (Fsp3) is 0.778. The zero-order valence-electron chi connectivity index (χ0n) is 38.2. The third-order valence-electron chi connectivity index (χ3n) is 16.9. The van der Waals surface area contributed by atoms with Crippen LogP contribution in [-0.4, -0.2) is 142 Å². The first kappa shape index (κ1) is 46.2. The lowest BCUT2D eigenvalue weighted by atomic mass is 9.37. The molecule has 0 aromatic heterocycles. The van der Waals surface area contributed by atoms with Crippen molar-refractivity contribution in [1.29, 1.82) is 0 Å². The van der Waals surface area contributed by atoms with E-state index < -0.39 is 139 Å². The molecule has 63 heavy (non-hydrogen) atoms. The quantitative estimate of drug-likeness (QED) is 0.0806. The molecule has 2 N–H and O–H groups in total. The van der Waals surface area contributed by atoms with Crippen molar-refractivity contribution >= 4 is 32.2 Å². The Balaban J connectivity index is 1.35. The summed E-state index contributed by atoms with van der Waals surface area (Å²) in [6.07, 6.45) is -2.97. The van der Waals surface area contributed by atoms with Crippen LogP contribution >= 0.6 is 0 Å². The summed E-state index contributed by atoms with van der Waals surface area (Å²) in [5.41, 5.74) is -9.42. The first-order valence-electron chi connectivity index (χ1n) is 21.7. The minimum absolute atomic E-state index is 0.0721. The van der Waals surface area contributed by atoms with E-state index in [-0.39, 0.29) is 36.7 Å².